The number of hydrogen-bond donors (Lipinski definition) is 10. The molecule has 0 saturated carbocycles. The maximum atomic E-state index is 11.1. The molecule has 33 heavy (non-hydrogen) atoms. The standard InChI is InChI=1S/C18H24O15/c19-4-17(28)5-31-18(29,16(17)27)30-3-9-11(22)12(23)13(24)15(33-9)32-8-2-6(14(25)26)1-7(20)10(8)21/h1-2,9,11-13,15-16,19-24,27-29H,3-5H2,(H,25,26). The number of carboxylic acids is 1. The maximum absolute atomic E-state index is 11.1. The topological polar surface area (TPSA) is 256 Å². The maximum Gasteiger partial charge on any atom is 0.335 e. The van der Waals surface area contributed by atoms with Gasteiger partial charge in [-0.3, -0.25) is 0 Å². The van der Waals surface area contributed by atoms with Crippen molar-refractivity contribution >= 4 is 5.97 Å². The Hall–Kier alpha value is -2.31. The number of ether oxygens (including phenoxy) is 4. The normalized spacial score (nSPS) is 38.9. The Labute approximate surface area is 184 Å². The molecular formula is C18H24O15. The van der Waals surface area contributed by atoms with E-state index in [9.17, 15) is 45.6 Å². The van der Waals surface area contributed by atoms with Gasteiger partial charge in [0.1, 0.15) is 30.0 Å². The Balaban J connectivity index is 1.75. The molecule has 0 radical (unpaired) electrons. The van der Waals surface area contributed by atoms with Crippen molar-refractivity contribution in [3.8, 4) is 17.2 Å². The zero-order valence-corrected chi connectivity index (χ0v) is 16.8. The first kappa shape index (κ1) is 25.3. The Morgan fingerprint density at radius 1 is 1.09 bits per heavy atom. The number of carboxylic acid groups (broad SMARTS) is 1. The molecule has 2 heterocycles. The first-order valence-electron chi connectivity index (χ1n) is 9.50. The fourth-order valence-electron chi connectivity index (χ4n) is 3.26. The van der Waals surface area contributed by atoms with Gasteiger partial charge >= 0.3 is 11.9 Å². The van der Waals surface area contributed by atoms with Crippen LogP contribution in [0.3, 0.4) is 0 Å². The molecule has 0 aromatic heterocycles. The average Bonchev–Trinajstić information content (AvgIpc) is 3.01. The third-order valence-electron chi connectivity index (χ3n) is 5.33. The first-order valence-corrected chi connectivity index (χ1v) is 9.50. The van der Waals surface area contributed by atoms with Crippen LogP contribution in [0.25, 0.3) is 0 Å². The Kier molecular flexibility index (Phi) is 7.02. The van der Waals surface area contributed by atoms with Gasteiger partial charge in [0.2, 0.25) is 12.0 Å². The fraction of sp³-hybridized carbons (Fsp3) is 0.611. The third-order valence-corrected chi connectivity index (χ3v) is 5.33. The highest BCUT2D eigenvalue weighted by Crippen LogP contribution is 2.39. The minimum absolute atomic E-state index is 0.489. The lowest BCUT2D eigenvalue weighted by atomic mass is 9.98. The number of aromatic hydroxyl groups is 2. The molecule has 0 aliphatic carbocycles. The summed E-state index contributed by atoms with van der Waals surface area (Å²) in [5.41, 5.74) is -2.73. The molecule has 186 valence electrons. The minimum atomic E-state index is -2.82. The van der Waals surface area contributed by atoms with E-state index in [-0.39, 0.29) is 0 Å². The smallest absolute Gasteiger partial charge is 0.335 e. The van der Waals surface area contributed by atoms with Gasteiger partial charge in [0.05, 0.1) is 25.4 Å². The Bertz CT molecular complexity index is 879. The predicted molar refractivity (Wildman–Crippen MR) is 98.9 cm³/mol. The molecule has 0 bridgehead atoms. The number of phenolic OH excluding ortho intramolecular Hbond substituents is 2. The second-order valence-electron chi connectivity index (χ2n) is 7.67. The van der Waals surface area contributed by atoms with Crippen molar-refractivity contribution in [1.29, 1.82) is 0 Å². The molecule has 2 aliphatic rings. The molecule has 0 spiro atoms. The molecule has 2 saturated heterocycles. The molecule has 15 heteroatoms. The Morgan fingerprint density at radius 3 is 2.33 bits per heavy atom. The van der Waals surface area contributed by atoms with Gasteiger partial charge in [0, 0.05) is 0 Å². The largest absolute Gasteiger partial charge is 0.504 e. The van der Waals surface area contributed by atoms with E-state index in [0.29, 0.717) is 0 Å². The number of carbonyl (C=O) groups is 1. The summed E-state index contributed by atoms with van der Waals surface area (Å²) in [5.74, 6) is -6.70. The highest BCUT2D eigenvalue weighted by atomic mass is 16.8. The van der Waals surface area contributed by atoms with Gasteiger partial charge in [-0.25, -0.2) is 4.79 Å². The van der Waals surface area contributed by atoms with E-state index in [1.165, 1.54) is 0 Å². The lowest BCUT2D eigenvalue weighted by molar-refractivity contribution is -0.384. The van der Waals surface area contributed by atoms with E-state index in [4.69, 9.17) is 29.2 Å². The minimum Gasteiger partial charge on any atom is -0.504 e. The van der Waals surface area contributed by atoms with E-state index in [0.717, 1.165) is 12.1 Å². The van der Waals surface area contributed by atoms with Crippen molar-refractivity contribution in [2.24, 2.45) is 0 Å². The van der Waals surface area contributed by atoms with Crippen LogP contribution in [-0.2, 0) is 14.2 Å². The zero-order chi connectivity index (χ0) is 24.7. The van der Waals surface area contributed by atoms with E-state index in [1.807, 2.05) is 0 Å². The second-order valence-corrected chi connectivity index (χ2v) is 7.67. The molecule has 3 rings (SSSR count). The summed E-state index contributed by atoms with van der Waals surface area (Å²) in [6.07, 6.45) is -11.2. The van der Waals surface area contributed by atoms with Crippen LogP contribution in [0.1, 0.15) is 10.4 Å². The van der Waals surface area contributed by atoms with Crippen molar-refractivity contribution in [3.63, 3.8) is 0 Å². The van der Waals surface area contributed by atoms with Crippen LogP contribution in [0.4, 0.5) is 0 Å². The molecule has 10 N–H and O–H groups in total. The van der Waals surface area contributed by atoms with Crippen LogP contribution < -0.4 is 4.74 Å². The average molecular weight is 480 g/mol. The molecule has 15 nitrogen and oxygen atoms in total. The van der Waals surface area contributed by atoms with Gasteiger partial charge < -0.3 is 70.0 Å². The van der Waals surface area contributed by atoms with Gasteiger partial charge in [-0.1, -0.05) is 0 Å². The number of phenols is 2. The first-order chi connectivity index (χ1) is 15.3. The van der Waals surface area contributed by atoms with Crippen LogP contribution in [0, 0.1) is 0 Å². The van der Waals surface area contributed by atoms with Crippen molar-refractivity contribution in [1.82, 2.24) is 0 Å². The molecule has 1 aromatic carbocycles. The van der Waals surface area contributed by atoms with E-state index in [2.05, 4.69) is 0 Å². The summed E-state index contributed by atoms with van der Waals surface area (Å²) in [6.45, 7) is -2.49. The summed E-state index contributed by atoms with van der Waals surface area (Å²) in [4.78, 5) is 11.1. The van der Waals surface area contributed by atoms with Crippen molar-refractivity contribution in [2.75, 3.05) is 19.8 Å². The van der Waals surface area contributed by atoms with Crippen molar-refractivity contribution in [3.05, 3.63) is 17.7 Å². The monoisotopic (exact) mass is 480 g/mol. The molecule has 2 aliphatic heterocycles. The van der Waals surface area contributed by atoms with Crippen LogP contribution in [0.5, 0.6) is 17.2 Å². The second kappa shape index (κ2) is 9.15. The number of benzene rings is 1. The highest BCUT2D eigenvalue weighted by molar-refractivity contribution is 5.89. The van der Waals surface area contributed by atoms with Gasteiger partial charge in [-0.15, -0.1) is 0 Å². The summed E-state index contributed by atoms with van der Waals surface area (Å²) in [7, 11) is 0. The van der Waals surface area contributed by atoms with Gasteiger partial charge in [0.15, 0.2) is 17.6 Å². The van der Waals surface area contributed by atoms with Crippen molar-refractivity contribution in [2.45, 2.75) is 48.4 Å². The highest BCUT2D eigenvalue weighted by Gasteiger charge is 2.59. The third kappa shape index (κ3) is 4.69. The van der Waals surface area contributed by atoms with Gasteiger partial charge in [-0.2, -0.15) is 0 Å². The van der Waals surface area contributed by atoms with E-state index in [1.54, 1.807) is 0 Å². The molecular weight excluding hydrogens is 456 g/mol. The molecule has 0 amide bonds. The van der Waals surface area contributed by atoms with Crippen LogP contribution in [0.2, 0.25) is 0 Å². The molecule has 1 aromatic rings. The number of hydrogen-bond acceptors (Lipinski definition) is 14. The van der Waals surface area contributed by atoms with Crippen LogP contribution >= 0.6 is 0 Å². The van der Waals surface area contributed by atoms with E-state index >= 15 is 0 Å². The van der Waals surface area contributed by atoms with Gasteiger partial charge in [0.25, 0.3) is 0 Å². The number of aliphatic hydroxyl groups is 7. The summed E-state index contributed by atoms with van der Waals surface area (Å²) < 4.78 is 20.3. The predicted octanol–water partition coefficient (Wildman–Crippen LogP) is -4.24. The molecule has 8 atom stereocenters. The number of rotatable bonds is 7. The number of aromatic carboxylic acids is 1. The number of aliphatic hydroxyl groups excluding tert-OH is 5. The SMILES string of the molecule is O=C(O)c1cc(O)c(O)c(OC2OC(COC3(O)OCC(O)(CO)C3O)C(O)C(O)C2O)c1. The van der Waals surface area contributed by atoms with Crippen molar-refractivity contribution < 1.29 is 74.8 Å². The summed E-state index contributed by atoms with van der Waals surface area (Å²) in [5, 5.41) is 98.5. The van der Waals surface area contributed by atoms with Crippen LogP contribution in [0.15, 0.2) is 12.1 Å². The Morgan fingerprint density at radius 2 is 1.76 bits per heavy atom. The lowest BCUT2D eigenvalue weighted by Crippen LogP contribution is -2.61. The lowest BCUT2D eigenvalue weighted by Gasteiger charge is -2.41. The van der Waals surface area contributed by atoms with E-state index < -0.39 is 97.0 Å². The molecule has 8 unspecified atom stereocenters. The van der Waals surface area contributed by atoms with Crippen LogP contribution in [-0.4, -0.2) is 125 Å². The summed E-state index contributed by atoms with van der Waals surface area (Å²) in [6, 6.07) is 1.54. The molecule has 2 fully saturated rings. The fourth-order valence-corrected chi connectivity index (χ4v) is 3.26. The summed E-state index contributed by atoms with van der Waals surface area (Å²) >= 11 is 0. The quantitative estimate of drug-likeness (QED) is 0.131. The van der Waals surface area contributed by atoms with Gasteiger partial charge in [-0.05, 0) is 12.1 Å². The zero-order valence-electron chi connectivity index (χ0n) is 16.8.